The van der Waals surface area contributed by atoms with E-state index >= 15 is 0 Å². The Hall–Kier alpha value is -2.18. The highest BCUT2D eigenvalue weighted by Gasteiger charge is 2.02. The van der Waals surface area contributed by atoms with E-state index in [2.05, 4.69) is 25.4 Å². The Labute approximate surface area is 92.1 Å². The fraction of sp³-hybridized carbons (Fsp3) is 0.333. The third kappa shape index (κ3) is 2.44. The number of hydrogen-bond acceptors (Lipinski definition) is 7. The first-order chi connectivity index (χ1) is 7.75. The molecule has 0 radical (unpaired) electrons. The second-order valence-corrected chi connectivity index (χ2v) is 3.27. The van der Waals surface area contributed by atoms with Crippen LogP contribution in [0.2, 0.25) is 0 Å². The smallest absolute Gasteiger partial charge is 0.228 e. The highest BCUT2D eigenvalue weighted by atomic mass is 16.5. The summed E-state index contributed by atoms with van der Waals surface area (Å²) >= 11 is 0. The molecule has 0 aliphatic carbocycles. The van der Waals surface area contributed by atoms with E-state index in [1.165, 1.54) is 6.33 Å². The summed E-state index contributed by atoms with van der Waals surface area (Å²) in [6.07, 6.45) is 3.70. The summed E-state index contributed by atoms with van der Waals surface area (Å²) in [4.78, 5) is 11.9. The minimum absolute atomic E-state index is 0.255. The van der Waals surface area contributed by atoms with E-state index in [-0.39, 0.29) is 5.95 Å². The molecule has 0 aliphatic rings. The average Bonchev–Trinajstić information content (AvgIpc) is 2.76. The molecule has 2 rings (SSSR count). The number of aryl methyl sites for hydroxylation is 1. The lowest BCUT2D eigenvalue weighted by molar-refractivity contribution is 0.379. The van der Waals surface area contributed by atoms with Crippen LogP contribution in [0.15, 0.2) is 17.0 Å². The fourth-order valence-corrected chi connectivity index (χ4v) is 1.23. The highest BCUT2D eigenvalue weighted by molar-refractivity contribution is 5.44. The van der Waals surface area contributed by atoms with Crippen molar-refractivity contribution >= 4 is 11.8 Å². The minimum Gasteiger partial charge on any atom is -0.369 e. The molecule has 0 fully saturated rings. The summed E-state index contributed by atoms with van der Waals surface area (Å²) in [7, 11) is 0. The largest absolute Gasteiger partial charge is 0.369 e. The van der Waals surface area contributed by atoms with E-state index in [0.29, 0.717) is 18.9 Å². The van der Waals surface area contributed by atoms with E-state index < -0.39 is 0 Å². The van der Waals surface area contributed by atoms with Crippen LogP contribution < -0.4 is 11.1 Å². The Morgan fingerprint density at radius 2 is 2.31 bits per heavy atom. The summed E-state index contributed by atoms with van der Waals surface area (Å²) in [6, 6.07) is 0. The Morgan fingerprint density at radius 1 is 1.44 bits per heavy atom. The number of anilines is 2. The molecule has 0 unspecified atom stereocenters. The molecule has 0 saturated carbocycles. The van der Waals surface area contributed by atoms with Crippen molar-refractivity contribution in [1.82, 2.24) is 20.1 Å². The van der Waals surface area contributed by atoms with Crippen LogP contribution >= 0.6 is 0 Å². The monoisotopic (exact) mass is 220 g/mol. The van der Waals surface area contributed by atoms with Gasteiger partial charge in [-0.15, -0.1) is 0 Å². The molecule has 0 aliphatic heterocycles. The maximum atomic E-state index is 5.49. The molecule has 0 saturated heterocycles. The molecule has 7 nitrogen and oxygen atoms in total. The first-order valence-electron chi connectivity index (χ1n) is 4.84. The lowest BCUT2D eigenvalue weighted by Gasteiger charge is -2.06. The maximum Gasteiger partial charge on any atom is 0.228 e. The number of nitrogens with zero attached hydrogens (tertiary/aromatic N) is 4. The van der Waals surface area contributed by atoms with Crippen molar-refractivity contribution in [2.24, 2.45) is 0 Å². The standard InChI is InChI=1S/C9H12N6O/c1-6-4-12-9(10)15-8(6)11-3-2-7-13-5-14-16-7/h4-5H,2-3H2,1H3,(H3,10,11,12,15). The predicted octanol–water partition coefficient (Wildman–Crippen LogP) is 0.405. The first-order valence-corrected chi connectivity index (χ1v) is 4.84. The van der Waals surface area contributed by atoms with Crippen molar-refractivity contribution in [1.29, 1.82) is 0 Å². The van der Waals surface area contributed by atoms with Crippen LogP contribution in [0.3, 0.4) is 0 Å². The number of aromatic nitrogens is 4. The molecule has 16 heavy (non-hydrogen) atoms. The highest BCUT2D eigenvalue weighted by Crippen LogP contribution is 2.10. The van der Waals surface area contributed by atoms with Crippen molar-refractivity contribution in [3.05, 3.63) is 24.0 Å². The SMILES string of the molecule is Cc1cnc(N)nc1NCCc1ncno1. The van der Waals surface area contributed by atoms with E-state index in [4.69, 9.17) is 10.3 Å². The van der Waals surface area contributed by atoms with Gasteiger partial charge in [-0.2, -0.15) is 9.97 Å². The summed E-state index contributed by atoms with van der Waals surface area (Å²) in [5.74, 6) is 1.57. The normalized spacial score (nSPS) is 10.3. The van der Waals surface area contributed by atoms with E-state index in [1.807, 2.05) is 6.92 Å². The molecule has 0 atom stereocenters. The van der Waals surface area contributed by atoms with Crippen LogP contribution in [-0.4, -0.2) is 26.7 Å². The summed E-state index contributed by atoms with van der Waals surface area (Å²) in [5.41, 5.74) is 6.43. The van der Waals surface area contributed by atoms with E-state index in [1.54, 1.807) is 6.20 Å². The Morgan fingerprint density at radius 3 is 3.06 bits per heavy atom. The van der Waals surface area contributed by atoms with Crippen LogP contribution in [-0.2, 0) is 6.42 Å². The molecule has 0 amide bonds. The van der Waals surface area contributed by atoms with Crippen LogP contribution in [0.1, 0.15) is 11.5 Å². The molecule has 0 bridgehead atoms. The van der Waals surface area contributed by atoms with Gasteiger partial charge in [-0.05, 0) is 6.92 Å². The Balaban J connectivity index is 1.92. The molecule has 0 aromatic carbocycles. The van der Waals surface area contributed by atoms with Gasteiger partial charge < -0.3 is 15.6 Å². The fourth-order valence-electron chi connectivity index (χ4n) is 1.23. The van der Waals surface area contributed by atoms with E-state index in [0.717, 1.165) is 11.4 Å². The van der Waals surface area contributed by atoms with Gasteiger partial charge in [-0.3, -0.25) is 0 Å². The molecule has 0 spiro atoms. The molecule has 2 aromatic heterocycles. The van der Waals surface area contributed by atoms with Gasteiger partial charge >= 0.3 is 0 Å². The zero-order valence-corrected chi connectivity index (χ0v) is 8.84. The topological polar surface area (TPSA) is 103 Å². The number of nitrogens with two attached hydrogens (primary N) is 1. The van der Waals surface area contributed by atoms with Crippen molar-refractivity contribution in [3.8, 4) is 0 Å². The number of rotatable bonds is 4. The molecule has 84 valence electrons. The van der Waals surface area contributed by atoms with Gasteiger partial charge in [0.1, 0.15) is 5.82 Å². The Kier molecular flexibility index (Phi) is 2.95. The zero-order valence-electron chi connectivity index (χ0n) is 8.84. The van der Waals surface area contributed by atoms with Crippen LogP contribution in [0.25, 0.3) is 0 Å². The van der Waals surface area contributed by atoms with Crippen molar-refractivity contribution < 1.29 is 4.52 Å². The second-order valence-electron chi connectivity index (χ2n) is 3.27. The van der Waals surface area contributed by atoms with Gasteiger partial charge in [0.25, 0.3) is 0 Å². The lowest BCUT2D eigenvalue weighted by Crippen LogP contribution is -2.09. The average molecular weight is 220 g/mol. The van der Waals surface area contributed by atoms with Gasteiger partial charge in [-0.25, -0.2) is 4.98 Å². The maximum absolute atomic E-state index is 5.49. The first kappa shape index (κ1) is 10.3. The quantitative estimate of drug-likeness (QED) is 0.768. The lowest BCUT2D eigenvalue weighted by atomic mass is 10.3. The Bertz CT molecular complexity index is 455. The van der Waals surface area contributed by atoms with Gasteiger partial charge in [0.15, 0.2) is 6.33 Å². The van der Waals surface area contributed by atoms with Gasteiger partial charge in [0.2, 0.25) is 11.8 Å². The zero-order chi connectivity index (χ0) is 11.4. The third-order valence-corrected chi connectivity index (χ3v) is 2.03. The van der Waals surface area contributed by atoms with Crippen molar-refractivity contribution in [2.75, 3.05) is 17.6 Å². The van der Waals surface area contributed by atoms with Crippen molar-refractivity contribution in [3.63, 3.8) is 0 Å². The van der Waals surface area contributed by atoms with Gasteiger partial charge in [0, 0.05) is 24.7 Å². The van der Waals surface area contributed by atoms with Gasteiger partial charge in [-0.1, -0.05) is 5.16 Å². The van der Waals surface area contributed by atoms with E-state index in [9.17, 15) is 0 Å². The molecular formula is C9H12N6O. The molecule has 2 heterocycles. The van der Waals surface area contributed by atoms with Crippen LogP contribution in [0, 0.1) is 6.92 Å². The third-order valence-electron chi connectivity index (χ3n) is 2.03. The second kappa shape index (κ2) is 4.56. The number of nitrogens with one attached hydrogen (secondary N) is 1. The van der Waals surface area contributed by atoms with Gasteiger partial charge in [0.05, 0.1) is 0 Å². The summed E-state index contributed by atoms with van der Waals surface area (Å²) in [6.45, 7) is 2.56. The molecule has 7 heteroatoms. The summed E-state index contributed by atoms with van der Waals surface area (Å²) < 4.78 is 4.87. The van der Waals surface area contributed by atoms with Crippen LogP contribution in [0.5, 0.6) is 0 Å². The molecule has 2 aromatic rings. The molecule has 3 N–H and O–H groups in total. The predicted molar refractivity (Wildman–Crippen MR) is 57.7 cm³/mol. The number of hydrogen-bond donors (Lipinski definition) is 2. The van der Waals surface area contributed by atoms with Crippen LogP contribution in [0.4, 0.5) is 11.8 Å². The summed E-state index contributed by atoms with van der Waals surface area (Å²) in [5, 5.41) is 6.65. The minimum atomic E-state index is 0.255. The molecular weight excluding hydrogens is 208 g/mol. The number of nitrogen functional groups attached to an aromatic ring is 1. The van der Waals surface area contributed by atoms with Crippen molar-refractivity contribution in [2.45, 2.75) is 13.3 Å².